The molecular weight excluding hydrogens is 506 g/mol. The van der Waals surface area contributed by atoms with Gasteiger partial charge >= 0.3 is 0 Å². The largest absolute Gasteiger partial charge is 0.488 e. The van der Waals surface area contributed by atoms with Gasteiger partial charge in [-0.05, 0) is 37.3 Å². The van der Waals surface area contributed by atoms with Gasteiger partial charge in [-0.2, -0.15) is 0 Å². The number of nitrogens with one attached hydrogen (secondary N) is 1. The SMILES string of the molecule is C[C@H](CO)N1C[C@H](C)[C@H](CN(C)S(C)(=O)=O)Oc2ccc(NS(=O)(=O)c3ccccc3)cc2CC1=O. The van der Waals surface area contributed by atoms with Crippen LogP contribution in [0.2, 0.25) is 0 Å². The standard InChI is InChI=1S/C24H33N3O7S2/c1-17-14-27(18(2)16-28)24(29)13-19-12-20(25-36(32,33)21-8-6-5-7-9-21)10-11-22(19)34-23(17)15-26(3)35(4,30)31/h5-12,17-18,23,25,28H,13-16H2,1-4H3/t17-,18+,23-/m0/s1. The number of carbonyl (C=O) groups excluding carboxylic acids is 1. The number of hydrogen-bond acceptors (Lipinski definition) is 7. The molecule has 3 rings (SSSR count). The van der Waals surface area contributed by atoms with Crippen molar-refractivity contribution in [1.82, 2.24) is 9.21 Å². The number of benzene rings is 2. The van der Waals surface area contributed by atoms with Crippen LogP contribution in [0.1, 0.15) is 19.4 Å². The van der Waals surface area contributed by atoms with Gasteiger partial charge < -0.3 is 14.7 Å². The lowest BCUT2D eigenvalue weighted by Gasteiger charge is -2.33. The molecule has 12 heteroatoms. The quantitative estimate of drug-likeness (QED) is 0.520. The smallest absolute Gasteiger partial charge is 0.261 e. The summed E-state index contributed by atoms with van der Waals surface area (Å²) in [5, 5.41) is 9.73. The minimum absolute atomic E-state index is 0.0529. The molecule has 10 nitrogen and oxygen atoms in total. The summed E-state index contributed by atoms with van der Waals surface area (Å²) in [6, 6.07) is 12.1. The molecule has 0 aliphatic carbocycles. The van der Waals surface area contributed by atoms with Crippen molar-refractivity contribution in [2.24, 2.45) is 5.92 Å². The monoisotopic (exact) mass is 539 g/mol. The molecule has 0 saturated heterocycles. The maximum absolute atomic E-state index is 13.2. The second-order valence-corrected chi connectivity index (χ2v) is 12.9. The van der Waals surface area contributed by atoms with E-state index in [2.05, 4.69) is 4.72 Å². The van der Waals surface area contributed by atoms with Gasteiger partial charge in [0, 0.05) is 30.8 Å². The number of amides is 1. The fourth-order valence-corrected chi connectivity index (χ4v) is 5.40. The van der Waals surface area contributed by atoms with Crippen LogP contribution in [0.5, 0.6) is 5.75 Å². The molecule has 2 aromatic carbocycles. The number of likely N-dealkylation sites (N-methyl/N-ethyl adjacent to an activating group) is 1. The third-order valence-electron chi connectivity index (χ3n) is 6.23. The van der Waals surface area contributed by atoms with Crippen LogP contribution < -0.4 is 9.46 Å². The Morgan fingerprint density at radius 1 is 1.17 bits per heavy atom. The van der Waals surface area contributed by atoms with Gasteiger partial charge in [0.05, 0.1) is 36.8 Å². The summed E-state index contributed by atoms with van der Waals surface area (Å²) in [7, 11) is -5.87. The van der Waals surface area contributed by atoms with Gasteiger partial charge in [0.2, 0.25) is 15.9 Å². The van der Waals surface area contributed by atoms with Gasteiger partial charge in [0.1, 0.15) is 11.9 Å². The van der Waals surface area contributed by atoms with E-state index in [1.54, 1.807) is 42.2 Å². The molecule has 0 aromatic heterocycles. The second kappa shape index (κ2) is 11.2. The second-order valence-electron chi connectivity index (χ2n) is 9.17. The number of ether oxygens (including phenoxy) is 1. The highest BCUT2D eigenvalue weighted by molar-refractivity contribution is 7.92. The van der Waals surface area contributed by atoms with Crippen LogP contribution in [-0.4, -0.2) is 82.2 Å². The van der Waals surface area contributed by atoms with Crippen LogP contribution in [-0.2, 0) is 31.3 Å². The van der Waals surface area contributed by atoms with E-state index in [4.69, 9.17) is 4.74 Å². The Kier molecular flexibility index (Phi) is 8.65. The molecule has 2 aromatic rings. The molecule has 36 heavy (non-hydrogen) atoms. The Morgan fingerprint density at radius 3 is 2.44 bits per heavy atom. The van der Waals surface area contributed by atoms with Crippen LogP contribution in [0, 0.1) is 5.92 Å². The molecule has 1 amide bonds. The Hall–Kier alpha value is -2.67. The molecule has 0 unspecified atom stereocenters. The Labute approximate surface area is 213 Å². The first kappa shape index (κ1) is 27.9. The first-order valence-corrected chi connectivity index (χ1v) is 14.8. The molecule has 0 bridgehead atoms. The zero-order valence-corrected chi connectivity index (χ0v) is 22.4. The highest BCUT2D eigenvalue weighted by atomic mass is 32.2. The van der Waals surface area contributed by atoms with Gasteiger partial charge in [-0.3, -0.25) is 9.52 Å². The fraction of sp³-hybridized carbons (Fsp3) is 0.458. The Balaban J connectivity index is 2.00. The number of anilines is 1. The number of aliphatic hydroxyl groups excluding tert-OH is 1. The van der Waals surface area contributed by atoms with Crippen LogP contribution in [0.15, 0.2) is 53.4 Å². The molecule has 1 aliphatic rings. The number of aliphatic hydroxyl groups is 1. The lowest BCUT2D eigenvalue weighted by atomic mass is 10.0. The Bertz CT molecular complexity index is 1280. The fourth-order valence-electron chi connectivity index (χ4n) is 3.91. The lowest BCUT2D eigenvalue weighted by molar-refractivity contribution is -0.134. The molecule has 3 atom stereocenters. The number of hydrogen-bond donors (Lipinski definition) is 2. The minimum Gasteiger partial charge on any atom is -0.488 e. The van der Waals surface area contributed by atoms with E-state index >= 15 is 0 Å². The number of fused-ring (bicyclic) bond motifs is 1. The average molecular weight is 540 g/mol. The summed E-state index contributed by atoms with van der Waals surface area (Å²) in [4.78, 5) is 14.9. The third kappa shape index (κ3) is 6.75. The third-order valence-corrected chi connectivity index (χ3v) is 8.90. The molecule has 1 aliphatic heterocycles. The van der Waals surface area contributed by atoms with Gasteiger partial charge in [-0.15, -0.1) is 0 Å². The lowest BCUT2D eigenvalue weighted by Crippen LogP contribution is -2.48. The minimum atomic E-state index is -3.85. The molecule has 0 fully saturated rings. The maximum Gasteiger partial charge on any atom is 0.261 e. The topological polar surface area (TPSA) is 133 Å². The van der Waals surface area contributed by atoms with Crippen LogP contribution in [0.3, 0.4) is 0 Å². The van der Waals surface area contributed by atoms with Crippen molar-refractivity contribution in [3.8, 4) is 5.75 Å². The molecule has 1 heterocycles. The van der Waals surface area contributed by atoms with Crippen LogP contribution in [0.25, 0.3) is 0 Å². The summed E-state index contributed by atoms with van der Waals surface area (Å²) in [5.41, 5.74) is 0.706. The summed E-state index contributed by atoms with van der Waals surface area (Å²) in [6.45, 7) is 3.66. The van der Waals surface area contributed by atoms with E-state index in [9.17, 15) is 26.7 Å². The number of nitrogens with zero attached hydrogens (tertiary/aromatic N) is 2. The van der Waals surface area contributed by atoms with Gasteiger partial charge in [-0.25, -0.2) is 21.1 Å². The van der Waals surface area contributed by atoms with E-state index in [-0.39, 0.29) is 48.5 Å². The van der Waals surface area contributed by atoms with Crippen molar-refractivity contribution in [2.75, 3.05) is 37.7 Å². The summed E-state index contributed by atoms with van der Waals surface area (Å²) in [5.74, 6) is -0.161. The predicted octanol–water partition coefficient (Wildman–Crippen LogP) is 1.53. The van der Waals surface area contributed by atoms with Crippen molar-refractivity contribution in [1.29, 1.82) is 0 Å². The normalized spacial score (nSPS) is 20.1. The predicted molar refractivity (Wildman–Crippen MR) is 137 cm³/mol. The molecule has 0 saturated carbocycles. The highest BCUT2D eigenvalue weighted by Crippen LogP contribution is 2.30. The van der Waals surface area contributed by atoms with Crippen molar-refractivity contribution in [2.45, 2.75) is 37.3 Å². The maximum atomic E-state index is 13.2. The van der Waals surface area contributed by atoms with E-state index in [0.717, 1.165) is 6.26 Å². The zero-order chi connectivity index (χ0) is 26.7. The van der Waals surface area contributed by atoms with Crippen LogP contribution >= 0.6 is 0 Å². The molecule has 198 valence electrons. The molecule has 2 N–H and O–H groups in total. The first-order chi connectivity index (χ1) is 16.8. The summed E-state index contributed by atoms with van der Waals surface area (Å²) < 4.78 is 59.7. The first-order valence-electron chi connectivity index (χ1n) is 11.5. The number of sulfonamides is 2. The van der Waals surface area contributed by atoms with E-state index < -0.39 is 32.2 Å². The van der Waals surface area contributed by atoms with Crippen molar-refractivity contribution >= 4 is 31.6 Å². The number of carbonyl (C=O) groups is 1. The van der Waals surface area contributed by atoms with E-state index in [1.807, 2.05) is 6.92 Å². The highest BCUT2D eigenvalue weighted by Gasteiger charge is 2.32. The number of rotatable bonds is 8. The average Bonchev–Trinajstić information content (AvgIpc) is 2.86. The zero-order valence-electron chi connectivity index (χ0n) is 20.8. The van der Waals surface area contributed by atoms with Crippen molar-refractivity contribution < 1.29 is 31.5 Å². The van der Waals surface area contributed by atoms with Crippen molar-refractivity contribution in [3.05, 3.63) is 54.1 Å². The van der Waals surface area contributed by atoms with Gasteiger partial charge in [0.15, 0.2) is 0 Å². The Morgan fingerprint density at radius 2 is 1.83 bits per heavy atom. The van der Waals surface area contributed by atoms with Gasteiger partial charge in [-0.1, -0.05) is 25.1 Å². The van der Waals surface area contributed by atoms with Crippen LogP contribution in [0.4, 0.5) is 5.69 Å². The van der Waals surface area contributed by atoms with Gasteiger partial charge in [0.25, 0.3) is 10.0 Å². The van der Waals surface area contributed by atoms with E-state index in [0.29, 0.717) is 11.3 Å². The molecule has 0 radical (unpaired) electrons. The van der Waals surface area contributed by atoms with E-state index in [1.165, 1.54) is 29.6 Å². The molecular formula is C24H33N3O7S2. The summed E-state index contributed by atoms with van der Waals surface area (Å²) in [6.07, 6.45) is 0.423. The van der Waals surface area contributed by atoms with Crippen molar-refractivity contribution in [3.63, 3.8) is 0 Å². The molecule has 0 spiro atoms. The summed E-state index contributed by atoms with van der Waals surface area (Å²) >= 11 is 0.